The maximum Gasteiger partial charge on any atom is 0.142 e. The van der Waals surface area contributed by atoms with Crippen molar-refractivity contribution in [2.45, 2.75) is 10.6 Å². The van der Waals surface area contributed by atoms with Gasteiger partial charge in [0.1, 0.15) is 22.2 Å². The number of aromatic nitrogens is 2. The van der Waals surface area contributed by atoms with Crippen molar-refractivity contribution < 1.29 is 4.74 Å². The fraction of sp³-hybridized carbons (Fsp3) is 0.143. The quantitative estimate of drug-likeness (QED) is 0.747. The van der Waals surface area contributed by atoms with Gasteiger partial charge >= 0.3 is 0 Å². The molecule has 0 aliphatic rings. The molecular weight excluding hydrogens is 290 g/mol. The number of thioether (sulfide) groups is 1. The molecule has 2 heterocycles. The number of methoxy groups -OCH3 is 1. The number of nitrogens with zero attached hydrogens (tertiary/aromatic N) is 2. The zero-order valence-corrected chi connectivity index (χ0v) is 12.5. The van der Waals surface area contributed by atoms with Crippen LogP contribution in [0.1, 0.15) is 5.82 Å². The lowest BCUT2D eigenvalue weighted by atomic mass is 10.3. The van der Waals surface area contributed by atoms with Crippen molar-refractivity contribution in [3.8, 4) is 5.75 Å². The number of ether oxygens (including phenoxy) is 1. The van der Waals surface area contributed by atoms with Crippen LogP contribution in [0.25, 0.3) is 10.2 Å². The molecule has 3 rings (SSSR count). The third kappa shape index (κ3) is 2.57. The van der Waals surface area contributed by atoms with Crippen LogP contribution < -0.4 is 10.5 Å². The Kier molecular flexibility index (Phi) is 3.75. The fourth-order valence-electron chi connectivity index (χ4n) is 1.87. The minimum absolute atomic E-state index is 0.548. The zero-order valence-electron chi connectivity index (χ0n) is 10.9. The van der Waals surface area contributed by atoms with Crippen LogP contribution in [0.15, 0.2) is 40.6 Å². The first-order chi connectivity index (χ1) is 9.78. The van der Waals surface area contributed by atoms with Gasteiger partial charge in [-0.05, 0) is 23.6 Å². The van der Waals surface area contributed by atoms with Crippen molar-refractivity contribution in [1.82, 2.24) is 9.97 Å². The van der Waals surface area contributed by atoms with Crippen LogP contribution >= 0.6 is 23.1 Å². The first kappa shape index (κ1) is 13.2. The molecule has 2 N–H and O–H groups in total. The van der Waals surface area contributed by atoms with Gasteiger partial charge in [0.2, 0.25) is 0 Å². The fourth-order valence-corrected chi connectivity index (χ4v) is 3.54. The van der Waals surface area contributed by atoms with Crippen LogP contribution in [-0.4, -0.2) is 17.1 Å². The molecule has 0 bridgehead atoms. The zero-order chi connectivity index (χ0) is 13.9. The maximum atomic E-state index is 5.95. The summed E-state index contributed by atoms with van der Waals surface area (Å²) in [4.78, 5) is 10.9. The number of benzene rings is 1. The van der Waals surface area contributed by atoms with E-state index in [0.717, 1.165) is 26.7 Å². The summed E-state index contributed by atoms with van der Waals surface area (Å²) in [6.45, 7) is 0. The molecule has 6 heteroatoms. The standard InChI is InChI=1S/C14H13N3OS2/c1-18-10-4-2-3-5-11(10)20-8-12-16-13(15)9-6-7-19-14(9)17-12/h2-7H,8H2,1H3,(H2,15,16,17). The molecule has 3 aromatic rings. The first-order valence-corrected chi connectivity index (χ1v) is 7.90. The van der Waals surface area contributed by atoms with E-state index in [1.54, 1.807) is 30.2 Å². The van der Waals surface area contributed by atoms with Crippen LogP contribution in [0.3, 0.4) is 0 Å². The van der Waals surface area contributed by atoms with Gasteiger partial charge in [0.05, 0.1) is 18.2 Å². The molecule has 0 radical (unpaired) electrons. The number of hydrogen-bond acceptors (Lipinski definition) is 6. The van der Waals surface area contributed by atoms with E-state index in [2.05, 4.69) is 9.97 Å². The third-order valence-corrected chi connectivity index (χ3v) is 4.68. The highest BCUT2D eigenvalue weighted by atomic mass is 32.2. The number of thiophene rings is 1. The Morgan fingerprint density at radius 1 is 1.25 bits per heavy atom. The van der Waals surface area contributed by atoms with E-state index in [-0.39, 0.29) is 0 Å². The number of hydrogen-bond donors (Lipinski definition) is 1. The summed E-state index contributed by atoms with van der Waals surface area (Å²) < 4.78 is 5.33. The average molecular weight is 303 g/mol. The highest BCUT2D eigenvalue weighted by Gasteiger charge is 2.08. The molecule has 2 aromatic heterocycles. The number of anilines is 1. The second-order valence-corrected chi connectivity index (χ2v) is 6.02. The van der Waals surface area contributed by atoms with E-state index in [1.807, 2.05) is 35.7 Å². The summed E-state index contributed by atoms with van der Waals surface area (Å²) in [6.07, 6.45) is 0. The molecule has 4 nitrogen and oxygen atoms in total. The molecule has 0 aliphatic carbocycles. The molecule has 20 heavy (non-hydrogen) atoms. The summed E-state index contributed by atoms with van der Waals surface area (Å²) in [6, 6.07) is 9.86. The van der Waals surface area contributed by atoms with E-state index >= 15 is 0 Å². The highest BCUT2D eigenvalue weighted by molar-refractivity contribution is 7.98. The molecule has 0 aliphatic heterocycles. The third-order valence-electron chi connectivity index (χ3n) is 2.83. The van der Waals surface area contributed by atoms with Crippen LogP contribution in [0.4, 0.5) is 5.82 Å². The monoisotopic (exact) mass is 303 g/mol. The molecular formula is C14H13N3OS2. The molecule has 1 aromatic carbocycles. The van der Waals surface area contributed by atoms with E-state index in [1.165, 1.54) is 0 Å². The van der Waals surface area contributed by atoms with Gasteiger partial charge in [0.15, 0.2) is 0 Å². The van der Waals surface area contributed by atoms with Gasteiger partial charge in [0.25, 0.3) is 0 Å². The molecule has 0 saturated heterocycles. The Morgan fingerprint density at radius 3 is 2.95 bits per heavy atom. The van der Waals surface area contributed by atoms with E-state index < -0.39 is 0 Å². The van der Waals surface area contributed by atoms with Gasteiger partial charge in [0, 0.05) is 4.90 Å². The van der Waals surface area contributed by atoms with Crippen molar-refractivity contribution in [2.75, 3.05) is 12.8 Å². The number of nitrogens with two attached hydrogens (primary N) is 1. The van der Waals surface area contributed by atoms with Crippen LogP contribution in [-0.2, 0) is 5.75 Å². The Labute approximate surface area is 125 Å². The van der Waals surface area contributed by atoms with Crippen molar-refractivity contribution in [3.63, 3.8) is 0 Å². The SMILES string of the molecule is COc1ccccc1SCc1nc(N)c2ccsc2n1. The van der Waals surface area contributed by atoms with Crippen molar-refractivity contribution in [3.05, 3.63) is 41.5 Å². The lowest BCUT2D eigenvalue weighted by molar-refractivity contribution is 0.405. The lowest BCUT2D eigenvalue weighted by Crippen LogP contribution is -1.98. The van der Waals surface area contributed by atoms with Gasteiger partial charge in [-0.2, -0.15) is 0 Å². The van der Waals surface area contributed by atoms with E-state index in [9.17, 15) is 0 Å². The predicted octanol–water partition coefficient (Wildman–Crippen LogP) is 3.57. The first-order valence-electron chi connectivity index (χ1n) is 6.03. The van der Waals surface area contributed by atoms with E-state index in [4.69, 9.17) is 10.5 Å². The molecule has 102 valence electrons. The number of rotatable bonds is 4. The minimum atomic E-state index is 0.548. The van der Waals surface area contributed by atoms with Crippen LogP contribution in [0, 0.1) is 0 Å². The van der Waals surface area contributed by atoms with Crippen LogP contribution in [0.5, 0.6) is 5.75 Å². The lowest BCUT2D eigenvalue weighted by Gasteiger charge is -2.07. The van der Waals surface area contributed by atoms with Gasteiger partial charge in [-0.3, -0.25) is 0 Å². The smallest absolute Gasteiger partial charge is 0.142 e. The molecule has 0 amide bonds. The number of nitrogen functional groups attached to an aromatic ring is 1. The largest absolute Gasteiger partial charge is 0.496 e. The van der Waals surface area contributed by atoms with Gasteiger partial charge < -0.3 is 10.5 Å². The summed E-state index contributed by atoms with van der Waals surface area (Å²) in [5, 5.41) is 2.91. The normalized spacial score (nSPS) is 10.8. The van der Waals surface area contributed by atoms with Crippen molar-refractivity contribution in [2.24, 2.45) is 0 Å². The summed E-state index contributed by atoms with van der Waals surface area (Å²) in [5.74, 6) is 2.82. The maximum absolute atomic E-state index is 5.95. The summed E-state index contributed by atoms with van der Waals surface area (Å²) in [5.41, 5.74) is 5.95. The minimum Gasteiger partial charge on any atom is -0.496 e. The molecule has 0 atom stereocenters. The number of para-hydroxylation sites is 1. The molecule has 0 spiro atoms. The Morgan fingerprint density at radius 2 is 2.10 bits per heavy atom. The second kappa shape index (κ2) is 5.68. The number of fused-ring (bicyclic) bond motifs is 1. The Bertz CT molecular complexity index is 742. The molecule has 0 fully saturated rings. The average Bonchev–Trinajstić information content (AvgIpc) is 2.94. The summed E-state index contributed by atoms with van der Waals surface area (Å²) in [7, 11) is 1.67. The van der Waals surface area contributed by atoms with Crippen LogP contribution in [0.2, 0.25) is 0 Å². The topological polar surface area (TPSA) is 61.0 Å². The van der Waals surface area contributed by atoms with E-state index in [0.29, 0.717) is 11.6 Å². The predicted molar refractivity (Wildman–Crippen MR) is 84.4 cm³/mol. The van der Waals surface area contributed by atoms with Crippen molar-refractivity contribution >= 4 is 39.1 Å². The van der Waals surface area contributed by atoms with Gasteiger partial charge in [-0.15, -0.1) is 23.1 Å². The molecule has 0 unspecified atom stereocenters. The summed E-state index contributed by atoms with van der Waals surface area (Å²) >= 11 is 3.22. The second-order valence-electron chi connectivity index (χ2n) is 4.10. The van der Waals surface area contributed by atoms with Crippen molar-refractivity contribution in [1.29, 1.82) is 0 Å². The Hall–Kier alpha value is -1.79. The van der Waals surface area contributed by atoms with Gasteiger partial charge in [-0.1, -0.05) is 12.1 Å². The highest BCUT2D eigenvalue weighted by Crippen LogP contribution is 2.31. The van der Waals surface area contributed by atoms with Gasteiger partial charge in [-0.25, -0.2) is 9.97 Å². The Balaban J connectivity index is 1.83. The molecule has 0 saturated carbocycles.